The Hall–Kier alpha value is -3.34. The molecule has 172 valence electrons. The van der Waals surface area contributed by atoms with Crippen molar-refractivity contribution in [3.63, 3.8) is 0 Å². The van der Waals surface area contributed by atoms with Crippen molar-refractivity contribution >= 4 is 17.4 Å². The number of ether oxygens (including phenoxy) is 1. The minimum Gasteiger partial charge on any atom is -0.457 e. The van der Waals surface area contributed by atoms with Gasteiger partial charge in [0.1, 0.15) is 6.61 Å². The summed E-state index contributed by atoms with van der Waals surface area (Å²) in [5.41, 5.74) is 5.96. The fourth-order valence-corrected chi connectivity index (χ4v) is 4.85. The highest BCUT2D eigenvalue weighted by atomic mass is 16.5. The summed E-state index contributed by atoms with van der Waals surface area (Å²) in [6.45, 7) is 8.22. The van der Waals surface area contributed by atoms with Crippen LogP contribution in [0.4, 0.5) is 5.69 Å². The Balaban J connectivity index is 1.69. The van der Waals surface area contributed by atoms with Crippen molar-refractivity contribution in [1.29, 1.82) is 0 Å². The van der Waals surface area contributed by atoms with E-state index < -0.39 is 5.92 Å². The zero-order chi connectivity index (χ0) is 23.4. The van der Waals surface area contributed by atoms with Gasteiger partial charge in [-0.05, 0) is 56.9 Å². The second kappa shape index (κ2) is 10.1. The third-order valence-electron chi connectivity index (χ3n) is 6.56. The van der Waals surface area contributed by atoms with E-state index in [-0.39, 0.29) is 18.4 Å². The number of rotatable bonds is 7. The van der Waals surface area contributed by atoms with Gasteiger partial charge >= 0.3 is 5.97 Å². The first-order valence-electron chi connectivity index (χ1n) is 11.8. The summed E-state index contributed by atoms with van der Waals surface area (Å²) in [5, 5.41) is 3.35. The molecule has 0 bridgehead atoms. The predicted molar refractivity (Wildman–Crippen MR) is 131 cm³/mol. The topological polar surface area (TPSA) is 58.6 Å². The van der Waals surface area contributed by atoms with Gasteiger partial charge in [0.15, 0.2) is 5.78 Å². The van der Waals surface area contributed by atoms with Crippen LogP contribution in [0.3, 0.4) is 0 Å². The lowest BCUT2D eigenvalue weighted by Crippen LogP contribution is -2.34. The first-order valence-corrected chi connectivity index (χ1v) is 11.8. The lowest BCUT2D eigenvalue weighted by Gasteiger charge is -2.34. The molecule has 0 spiro atoms. The number of benzene rings is 2. The van der Waals surface area contributed by atoms with Crippen LogP contribution in [0.1, 0.15) is 57.1 Å². The second-order valence-corrected chi connectivity index (χ2v) is 8.59. The lowest BCUT2D eigenvalue weighted by atomic mass is 9.75. The van der Waals surface area contributed by atoms with E-state index in [1.165, 1.54) is 0 Å². The molecule has 1 heterocycles. The molecule has 2 aromatic rings. The molecule has 2 aromatic carbocycles. The smallest absolute Gasteiger partial charge is 0.337 e. The number of nitrogens with zero attached hydrogens (tertiary/aromatic N) is 1. The van der Waals surface area contributed by atoms with Gasteiger partial charge in [-0.25, -0.2) is 4.79 Å². The molecular weight excluding hydrogens is 412 g/mol. The Morgan fingerprint density at radius 2 is 1.73 bits per heavy atom. The molecule has 1 N–H and O–H groups in total. The highest BCUT2D eigenvalue weighted by Crippen LogP contribution is 2.42. The first kappa shape index (κ1) is 22.8. The van der Waals surface area contributed by atoms with E-state index in [2.05, 4.69) is 36.2 Å². The molecule has 0 radical (unpaired) electrons. The number of carbonyl (C=O) groups excluding carboxylic acids is 2. The Kier molecular flexibility index (Phi) is 6.97. The number of dihydropyridines is 1. The van der Waals surface area contributed by atoms with E-state index in [1.54, 1.807) is 0 Å². The summed E-state index contributed by atoms with van der Waals surface area (Å²) in [6.07, 6.45) is 2.16. The standard InChI is InChI=1S/C28H32N2O3/c1-4-30(5-2)22-16-14-21(15-17-22)26-25(28(32)33-18-20-10-7-6-8-11-20)19(3)29-23-12-9-13-24(31)27(23)26/h6-8,10-11,14-17,26,29H,4-5,9,12-13,18H2,1-3H3/t26-/m1/s1. The van der Waals surface area contributed by atoms with Crippen molar-refractivity contribution in [2.75, 3.05) is 18.0 Å². The SMILES string of the molecule is CCN(CC)c1ccc([C@@H]2C(C(=O)OCc3ccccc3)=C(C)NC3=C2C(=O)CCC3)cc1. The van der Waals surface area contributed by atoms with Gasteiger partial charge in [-0.1, -0.05) is 42.5 Å². The first-order chi connectivity index (χ1) is 16.0. The van der Waals surface area contributed by atoms with Crippen molar-refractivity contribution < 1.29 is 14.3 Å². The van der Waals surface area contributed by atoms with Gasteiger partial charge in [0.25, 0.3) is 0 Å². The molecule has 4 rings (SSSR count). The highest BCUT2D eigenvalue weighted by Gasteiger charge is 2.39. The van der Waals surface area contributed by atoms with Crippen LogP contribution < -0.4 is 10.2 Å². The second-order valence-electron chi connectivity index (χ2n) is 8.59. The van der Waals surface area contributed by atoms with E-state index in [0.29, 0.717) is 17.6 Å². The highest BCUT2D eigenvalue weighted by molar-refractivity contribution is 6.03. The van der Waals surface area contributed by atoms with Crippen molar-refractivity contribution in [1.82, 2.24) is 5.32 Å². The quantitative estimate of drug-likeness (QED) is 0.592. The largest absolute Gasteiger partial charge is 0.457 e. The van der Waals surface area contributed by atoms with Crippen molar-refractivity contribution in [2.45, 2.75) is 52.6 Å². The van der Waals surface area contributed by atoms with Crippen molar-refractivity contribution in [3.8, 4) is 0 Å². The molecule has 0 saturated heterocycles. The fourth-order valence-electron chi connectivity index (χ4n) is 4.85. The van der Waals surface area contributed by atoms with Gasteiger partial charge in [0.2, 0.25) is 0 Å². The number of carbonyl (C=O) groups is 2. The number of Topliss-reactive ketones (excluding diaryl/α,β-unsaturated/α-hetero) is 1. The van der Waals surface area contributed by atoms with Crippen LogP contribution in [0.25, 0.3) is 0 Å². The van der Waals surface area contributed by atoms with Crippen LogP contribution in [0.5, 0.6) is 0 Å². The third-order valence-corrected chi connectivity index (χ3v) is 6.56. The normalized spacial score (nSPS) is 18.0. The average Bonchev–Trinajstić information content (AvgIpc) is 2.84. The zero-order valence-corrected chi connectivity index (χ0v) is 19.7. The molecule has 0 fully saturated rings. The number of ketones is 1. The molecule has 1 atom stereocenters. The number of hydrogen-bond donors (Lipinski definition) is 1. The Bertz CT molecular complexity index is 1080. The van der Waals surface area contributed by atoms with E-state index >= 15 is 0 Å². The molecule has 1 aliphatic carbocycles. The molecule has 0 saturated carbocycles. The molecule has 33 heavy (non-hydrogen) atoms. The monoisotopic (exact) mass is 444 g/mol. The van der Waals surface area contributed by atoms with Crippen molar-refractivity contribution in [3.05, 3.63) is 88.3 Å². The molecule has 0 unspecified atom stereocenters. The molecule has 0 aromatic heterocycles. The summed E-state index contributed by atoms with van der Waals surface area (Å²) in [7, 11) is 0. The Labute approximate surface area is 196 Å². The maximum absolute atomic E-state index is 13.4. The van der Waals surface area contributed by atoms with E-state index in [1.807, 2.05) is 49.4 Å². The average molecular weight is 445 g/mol. The molecule has 5 heteroatoms. The molecule has 1 aliphatic heterocycles. The summed E-state index contributed by atoms with van der Waals surface area (Å²) < 4.78 is 5.72. The van der Waals surface area contributed by atoms with E-state index in [4.69, 9.17) is 4.74 Å². The van der Waals surface area contributed by atoms with Crippen LogP contribution in [0.15, 0.2) is 77.1 Å². The van der Waals surface area contributed by atoms with Gasteiger partial charge in [0, 0.05) is 48.1 Å². The van der Waals surface area contributed by atoms with Gasteiger partial charge in [-0.3, -0.25) is 4.79 Å². The van der Waals surface area contributed by atoms with Gasteiger partial charge in [0.05, 0.1) is 5.57 Å². The molecule has 2 aliphatic rings. The van der Waals surface area contributed by atoms with Crippen LogP contribution in [-0.2, 0) is 20.9 Å². The van der Waals surface area contributed by atoms with Crippen molar-refractivity contribution in [2.24, 2.45) is 0 Å². The number of nitrogens with one attached hydrogen (secondary N) is 1. The van der Waals surface area contributed by atoms with Crippen LogP contribution in [0, 0.1) is 0 Å². The van der Waals surface area contributed by atoms with Crippen LogP contribution >= 0.6 is 0 Å². The predicted octanol–water partition coefficient (Wildman–Crippen LogP) is 5.24. The summed E-state index contributed by atoms with van der Waals surface area (Å²) in [5.74, 6) is -0.683. The Morgan fingerprint density at radius 1 is 1.03 bits per heavy atom. The maximum atomic E-state index is 13.4. The van der Waals surface area contributed by atoms with Gasteiger partial charge < -0.3 is 15.0 Å². The summed E-state index contributed by atoms with van der Waals surface area (Å²) >= 11 is 0. The van der Waals surface area contributed by atoms with Gasteiger partial charge in [-0.2, -0.15) is 0 Å². The molecule has 5 nitrogen and oxygen atoms in total. The zero-order valence-electron chi connectivity index (χ0n) is 19.7. The number of allylic oxidation sites excluding steroid dienone is 3. The molecule has 0 amide bonds. The number of esters is 1. The minimum atomic E-state index is -0.414. The minimum absolute atomic E-state index is 0.113. The Morgan fingerprint density at radius 3 is 2.39 bits per heavy atom. The number of hydrogen-bond acceptors (Lipinski definition) is 5. The summed E-state index contributed by atoms with van der Waals surface area (Å²) in [6, 6.07) is 17.9. The van der Waals surface area contributed by atoms with Gasteiger partial charge in [-0.15, -0.1) is 0 Å². The molecular formula is C28H32N2O3. The third kappa shape index (κ3) is 4.72. The van der Waals surface area contributed by atoms with E-state index in [0.717, 1.165) is 54.1 Å². The number of anilines is 1. The van der Waals surface area contributed by atoms with Crippen LogP contribution in [-0.4, -0.2) is 24.8 Å². The summed E-state index contributed by atoms with van der Waals surface area (Å²) in [4.78, 5) is 28.7. The fraction of sp³-hybridized carbons (Fsp3) is 0.357. The maximum Gasteiger partial charge on any atom is 0.337 e. The lowest BCUT2D eigenvalue weighted by molar-refractivity contribution is -0.140. The van der Waals surface area contributed by atoms with E-state index in [9.17, 15) is 9.59 Å². The van der Waals surface area contributed by atoms with Crippen LogP contribution in [0.2, 0.25) is 0 Å².